The lowest BCUT2D eigenvalue weighted by Crippen LogP contribution is -2.33. The van der Waals surface area contributed by atoms with Crippen molar-refractivity contribution in [3.05, 3.63) is 0 Å². The van der Waals surface area contributed by atoms with Crippen molar-refractivity contribution in [2.75, 3.05) is 13.0 Å². The van der Waals surface area contributed by atoms with Crippen LogP contribution in [0.25, 0.3) is 0 Å². The summed E-state index contributed by atoms with van der Waals surface area (Å²) in [6.07, 6.45) is 0. The summed E-state index contributed by atoms with van der Waals surface area (Å²) in [5.41, 5.74) is 0. The first-order valence-electron chi connectivity index (χ1n) is 2.55. The molecule has 5 heteroatoms. The number of halogens is 2. The molecule has 0 rings (SSSR count). The van der Waals surface area contributed by atoms with Gasteiger partial charge in [0.05, 0.1) is 7.11 Å². The first kappa shape index (κ1) is 10.4. The van der Waals surface area contributed by atoms with Gasteiger partial charge in [-0.2, -0.15) is 0 Å². The van der Waals surface area contributed by atoms with Crippen LogP contribution in [0.2, 0.25) is 0 Å². The second-order valence-electron chi connectivity index (χ2n) is 1.93. The number of esters is 1. The molecule has 0 aliphatic rings. The molecule has 10 heavy (non-hydrogen) atoms. The van der Waals surface area contributed by atoms with E-state index in [1.807, 2.05) is 0 Å². The predicted octanol–water partition coefficient (Wildman–Crippen LogP) is 2.04. The summed E-state index contributed by atoms with van der Waals surface area (Å²) in [6, 6.07) is 0. The minimum Gasteiger partial charge on any atom is -0.468 e. The van der Waals surface area contributed by atoms with Crippen LogP contribution in [0.4, 0.5) is 0 Å². The van der Waals surface area contributed by atoms with Gasteiger partial charge in [-0.05, 0) is 28.6 Å². The second-order valence-corrected chi connectivity index (χ2v) is 3.72. The average Bonchev–Trinajstić information content (AvgIpc) is 2.01. The van der Waals surface area contributed by atoms with Gasteiger partial charge in [-0.15, -0.1) is 11.6 Å². The van der Waals surface area contributed by atoms with Crippen molar-refractivity contribution in [1.29, 1.82) is 0 Å². The molecule has 0 spiro atoms. The van der Waals surface area contributed by atoms with Crippen LogP contribution < -0.4 is 0 Å². The molecule has 2 nitrogen and oxygen atoms in total. The minimum absolute atomic E-state index is 0.147. The topological polar surface area (TPSA) is 26.3 Å². The molecule has 0 aromatic heterocycles. The Balaban J connectivity index is 4.17. The van der Waals surface area contributed by atoms with Crippen LogP contribution in [0.5, 0.6) is 0 Å². The van der Waals surface area contributed by atoms with E-state index in [2.05, 4.69) is 4.74 Å². The molecule has 0 aromatic rings. The first-order valence-corrected chi connectivity index (χ1v) is 4.72. The highest BCUT2D eigenvalue weighted by molar-refractivity contribution is 8.22. The van der Waals surface area contributed by atoms with E-state index < -0.39 is 10.7 Å². The van der Waals surface area contributed by atoms with Gasteiger partial charge in [0, 0.05) is 5.88 Å². The van der Waals surface area contributed by atoms with E-state index in [9.17, 15) is 4.79 Å². The van der Waals surface area contributed by atoms with Gasteiger partial charge < -0.3 is 4.74 Å². The summed E-state index contributed by atoms with van der Waals surface area (Å²) in [5.74, 6) is -0.254. The van der Waals surface area contributed by atoms with E-state index in [1.165, 1.54) is 7.11 Å². The number of rotatable bonds is 3. The number of hydrogen-bond donors (Lipinski definition) is 0. The minimum atomic E-state index is -0.822. The SMILES string of the molecule is COC(=O)C(C)(CCl)SCl. The molecule has 0 saturated carbocycles. The van der Waals surface area contributed by atoms with Gasteiger partial charge >= 0.3 is 5.97 Å². The lowest BCUT2D eigenvalue weighted by atomic mass is 10.2. The Morgan fingerprint density at radius 1 is 1.80 bits per heavy atom. The standard InChI is InChI=1S/C5H8Cl2O2S/c1-5(3-6,10-7)4(8)9-2/h3H2,1-2H3. The van der Waals surface area contributed by atoms with Crippen molar-refractivity contribution in [3.8, 4) is 0 Å². The van der Waals surface area contributed by atoms with E-state index >= 15 is 0 Å². The third kappa shape index (κ3) is 2.22. The van der Waals surface area contributed by atoms with Crippen molar-refractivity contribution < 1.29 is 9.53 Å². The van der Waals surface area contributed by atoms with E-state index in [0.717, 1.165) is 11.0 Å². The summed E-state index contributed by atoms with van der Waals surface area (Å²) in [7, 11) is 7.59. The summed E-state index contributed by atoms with van der Waals surface area (Å²) >= 11 is 5.48. The first-order chi connectivity index (χ1) is 4.60. The van der Waals surface area contributed by atoms with Gasteiger partial charge in [-0.25, -0.2) is 0 Å². The van der Waals surface area contributed by atoms with Crippen LogP contribution >= 0.6 is 33.3 Å². The fourth-order valence-electron chi connectivity index (χ4n) is 0.323. The number of methoxy groups -OCH3 is 1. The number of ether oxygens (including phenoxy) is 1. The van der Waals surface area contributed by atoms with Crippen molar-refractivity contribution in [3.63, 3.8) is 0 Å². The van der Waals surface area contributed by atoms with Crippen LogP contribution in [0, 0.1) is 0 Å². The van der Waals surface area contributed by atoms with Gasteiger partial charge in [0.1, 0.15) is 4.75 Å². The molecule has 0 aliphatic heterocycles. The average molecular weight is 203 g/mol. The summed E-state index contributed by atoms with van der Waals surface area (Å²) in [5, 5.41) is 0. The highest BCUT2D eigenvalue weighted by atomic mass is 35.7. The molecular formula is C5H8Cl2O2S. The van der Waals surface area contributed by atoms with E-state index in [1.54, 1.807) is 6.92 Å². The second kappa shape index (κ2) is 4.31. The fraction of sp³-hybridized carbons (Fsp3) is 0.800. The van der Waals surface area contributed by atoms with Crippen molar-refractivity contribution >= 4 is 39.2 Å². The van der Waals surface area contributed by atoms with Crippen molar-refractivity contribution in [2.24, 2.45) is 0 Å². The molecule has 1 atom stereocenters. The van der Waals surface area contributed by atoms with E-state index in [4.69, 9.17) is 22.3 Å². The third-order valence-corrected chi connectivity index (χ3v) is 3.41. The van der Waals surface area contributed by atoms with Crippen LogP contribution in [0.3, 0.4) is 0 Å². The maximum atomic E-state index is 10.9. The molecule has 0 saturated heterocycles. The largest absolute Gasteiger partial charge is 0.468 e. The maximum absolute atomic E-state index is 10.9. The highest BCUT2D eigenvalue weighted by Crippen LogP contribution is 2.30. The Morgan fingerprint density at radius 3 is 2.40 bits per heavy atom. The van der Waals surface area contributed by atoms with Crippen LogP contribution in [0.1, 0.15) is 6.92 Å². The Morgan fingerprint density at radius 2 is 2.30 bits per heavy atom. The zero-order valence-corrected chi connectivity index (χ0v) is 8.02. The van der Waals surface area contributed by atoms with Crippen LogP contribution in [-0.4, -0.2) is 23.7 Å². The Hall–Kier alpha value is 0.400. The monoisotopic (exact) mass is 202 g/mol. The van der Waals surface area contributed by atoms with Gasteiger partial charge in [-0.3, -0.25) is 4.79 Å². The highest BCUT2D eigenvalue weighted by Gasteiger charge is 2.33. The molecule has 0 aliphatic carbocycles. The smallest absolute Gasteiger partial charge is 0.324 e. The van der Waals surface area contributed by atoms with E-state index in [-0.39, 0.29) is 5.88 Å². The quantitative estimate of drug-likeness (QED) is 0.518. The summed E-state index contributed by atoms with van der Waals surface area (Å²) < 4.78 is 3.65. The molecule has 0 aromatic carbocycles. The Labute approximate surface area is 73.7 Å². The molecule has 0 heterocycles. The number of carbonyl (C=O) groups excluding carboxylic acids is 1. The Bertz CT molecular complexity index is 125. The molecule has 0 fully saturated rings. The van der Waals surface area contributed by atoms with Gasteiger partial charge in [-0.1, -0.05) is 0 Å². The molecule has 60 valence electrons. The summed E-state index contributed by atoms with van der Waals surface area (Å²) in [6.45, 7) is 1.63. The van der Waals surface area contributed by atoms with E-state index in [0.29, 0.717) is 0 Å². The zero-order valence-electron chi connectivity index (χ0n) is 5.69. The third-order valence-electron chi connectivity index (χ3n) is 1.04. The van der Waals surface area contributed by atoms with Gasteiger partial charge in [0.15, 0.2) is 0 Å². The zero-order chi connectivity index (χ0) is 8.20. The summed E-state index contributed by atoms with van der Waals surface area (Å²) in [4.78, 5) is 10.9. The number of carbonyl (C=O) groups is 1. The Kier molecular flexibility index (Phi) is 4.49. The fourth-order valence-corrected chi connectivity index (χ4v) is 1.30. The maximum Gasteiger partial charge on any atom is 0.324 e. The predicted molar refractivity (Wildman–Crippen MR) is 44.6 cm³/mol. The van der Waals surface area contributed by atoms with Crippen LogP contribution in [0.15, 0.2) is 0 Å². The van der Waals surface area contributed by atoms with Gasteiger partial charge in [0.2, 0.25) is 0 Å². The van der Waals surface area contributed by atoms with Crippen molar-refractivity contribution in [2.45, 2.75) is 11.7 Å². The van der Waals surface area contributed by atoms with Crippen LogP contribution in [-0.2, 0) is 9.53 Å². The number of hydrogen-bond acceptors (Lipinski definition) is 3. The molecule has 0 N–H and O–H groups in total. The number of alkyl halides is 1. The normalized spacial score (nSPS) is 16.0. The molecular weight excluding hydrogens is 195 g/mol. The lowest BCUT2D eigenvalue weighted by molar-refractivity contribution is -0.142. The molecule has 0 radical (unpaired) electrons. The molecule has 0 amide bonds. The molecule has 0 bridgehead atoms. The molecule has 1 unspecified atom stereocenters. The van der Waals surface area contributed by atoms with Gasteiger partial charge in [0.25, 0.3) is 0 Å². The van der Waals surface area contributed by atoms with Crippen molar-refractivity contribution in [1.82, 2.24) is 0 Å². The lowest BCUT2D eigenvalue weighted by Gasteiger charge is -2.18.